The second kappa shape index (κ2) is 6.38. The molecule has 26 heavy (non-hydrogen) atoms. The Bertz CT molecular complexity index is 1080. The lowest BCUT2D eigenvalue weighted by Crippen LogP contribution is -2.38. The number of benzene rings is 2. The number of anilines is 1. The zero-order chi connectivity index (χ0) is 18.3. The summed E-state index contributed by atoms with van der Waals surface area (Å²) in [4.78, 5) is 23.0. The first-order valence-corrected chi connectivity index (χ1v) is 9.15. The van der Waals surface area contributed by atoms with Crippen LogP contribution in [0.15, 0.2) is 52.6 Å². The Balaban J connectivity index is 1.65. The highest BCUT2D eigenvalue weighted by atomic mass is 32.1. The number of guanidine groups is 1. The van der Waals surface area contributed by atoms with Gasteiger partial charge in [-0.25, -0.2) is 9.98 Å². The van der Waals surface area contributed by atoms with E-state index in [1.54, 1.807) is 17.4 Å². The van der Waals surface area contributed by atoms with Gasteiger partial charge in [0.15, 0.2) is 0 Å². The number of aryl methyl sites for hydroxylation is 2. The van der Waals surface area contributed by atoms with Gasteiger partial charge in [-0.3, -0.25) is 10.1 Å². The standard InChI is InChI=1S/C20H18N4OS/c1-12-4-7-17(13(2)8-12)24(3)20-22-16(19(25)23-20)9-14-5-6-15-18(10-14)26-11-21-15/h4-11H,1-3H3,(H,22,23,25)/b16-9-. The quantitative estimate of drug-likeness (QED) is 0.704. The van der Waals surface area contributed by atoms with Crippen molar-refractivity contribution in [3.63, 3.8) is 0 Å². The van der Waals surface area contributed by atoms with Gasteiger partial charge in [-0.1, -0.05) is 23.8 Å². The van der Waals surface area contributed by atoms with E-state index in [2.05, 4.69) is 41.3 Å². The van der Waals surface area contributed by atoms with Crippen LogP contribution in [-0.2, 0) is 4.79 Å². The van der Waals surface area contributed by atoms with Gasteiger partial charge in [-0.2, -0.15) is 0 Å². The van der Waals surface area contributed by atoms with E-state index < -0.39 is 0 Å². The lowest BCUT2D eigenvalue weighted by atomic mass is 10.1. The van der Waals surface area contributed by atoms with E-state index in [4.69, 9.17) is 0 Å². The predicted octanol–water partition coefficient (Wildman–Crippen LogP) is 3.88. The van der Waals surface area contributed by atoms with Crippen molar-refractivity contribution in [1.82, 2.24) is 10.3 Å². The van der Waals surface area contributed by atoms with Crippen LogP contribution in [0.2, 0.25) is 0 Å². The zero-order valence-electron chi connectivity index (χ0n) is 14.8. The second-order valence-electron chi connectivity index (χ2n) is 6.35. The van der Waals surface area contributed by atoms with Crippen molar-refractivity contribution in [2.45, 2.75) is 13.8 Å². The van der Waals surface area contributed by atoms with E-state index >= 15 is 0 Å². The highest BCUT2D eigenvalue weighted by Crippen LogP contribution is 2.24. The third kappa shape index (κ3) is 2.99. The number of carbonyl (C=O) groups is 1. The first-order chi connectivity index (χ1) is 12.5. The molecule has 0 saturated heterocycles. The molecule has 1 N–H and O–H groups in total. The van der Waals surface area contributed by atoms with Crippen LogP contribution in [0.25, 0.3) is 16.3 Å². The number of fused-ring (bicyclic) bond motifs is 1. The van der Waals surface area contributed by atoms with Crippen LogP contribution >= 0.6 is 11.3 Å². The van der Waals surface area contributed by atoms with Gasteiger partial charge in [0.05, 0.1) is 15.7 Å². The fourth-order valence-corrected chi connectivity index (χ4v) is 3.76. The Morgan fingerprint density at radius 1 is 1.15 bits per heavy atom. The van der Waals surface area contributed by atoms with E-state index in [-0.39, 0.29) is 5.91 Å². The molecule has 0 bridgehead atoms. The maximum absolute atomic E-state index is 12.3. The molecule has 1 aliphatic rings. The molecule has 3 aromatic rings. The molecule has 2 aromatic carbocycles. The first kappa shape index (κ1) is 16.5. The smallest absolute Gasteiger partial charge is 0.276 e. The number of rotatable bonds is 2. The summed E-state index contributed by atoms with van der Waals surface area (Å²) in [6.07, 6.45) is 1.80. The average molecular weight is 362 g/mol. The van der Waals surface area contributed by atoms with E-state index in [9.17, 15) is 4.79 Å². The average Bonchev–Trinajstić information content (AvgIpc) is 3.21. The molecule has 4 rings (SSSR count). The van der Waals surface area contributed by atoms with Gasteiger partial charge >= 0.3 is 0 Å². The van der Waals surface area contributed by atoms with E-state index in [1.807, 2.05) is 41.7 Å². The Hall–Kier alpha value is -2.99. The van der Waals surface area contributed by atoms with Crippen molar-refractivity contribution in [3.05, 3.63) is 64.3 Å². The molecule has 1 aliphatic heterocycles. The van der Waals surface area contributed by atoms with Gasteiger partial charge in [0.1, 0.15) is 5.70 Å². The number of amides is 1. The molecule has 0 unspecified atom stereocenters. The minimum absolute atomic E-state index is 0.194. The summed E-state index contributed by atoms with van der Waals surface area (Å²) in [7, 11) is 1.91. The monoisotopic (exact) mass is 362 g/mol. The predicted molar refractivity (Wildman–Crippen MR) is 107 cm³/mol. The van der Waals surface area contributed by atoms with Crippen LogP contribution in [0, 0.1) is 13.8 Å². The summed E-state index contributed by atoms with van der Waals surface area (Å²) in [6.45, 7) is 4.11. The van der Waals surface area contributed by atoms with Gasteiger partial charge in [0, 0.05) is 12.7 Å². The molecule has 130 valence electrons. The summed E-state index contributed by atoms with van der Waals surface area (Å²) in [5, 5.41) is 2.86. The summed E-state index contributed by atoms with van der Waals surface area (Å²) in [5.41, 5.74) is 7.48. The van der Waals surface area contributed by atoms with Crippen LogP contribution < -0.4 is 10.2 Å². The van der Waals surface area contributed by atoms with Crippen LogP contribution in [-0.4, -0.2) is 23.9 Å². The Morgan fingerprint density at radius 2 is 2.00 bits per heavy atom. The molecule has 0 radical (unpaired) electrons. The number of nitrogens with zero attached hydrogens (tertiary/aromatic N) is 3. The maximum Gasteiger partial charge on any atom is 0.276 e. The molecule has 2 heterocycles. The molecule has 5 nitrogen and oxygen atoms in total. The van der Waals surface area contributed by atoms with Gasteiger partial charge in [0.2, 0.25) is 5.96 Å². The first-order valence-electron chi connectivity index (χ1n) is 8.27. The molecule has 6 heteroatoms. The Labute approximate surface area is 155 Å². The van der Waals surface area contributed by atoms with Gasteiger partial charge in [-0.15, -0.1) is 11.3 Å². The van der Waals surface area contributed by atoms with Gasteiger partial charge in [-0.05, 0) is 49.2 Å². The van der Waals surface area contributed by atoms with Crippen molar-refractivity contribution >= 4 is 45.2 Å². The van der Waals surface area contributed by atoms with Crippen LogP contribution in [0.5, 0.6) is 0 Å². The van der Waals surface area contributed by atoms with Crippen molar-refractivity contribution in [2.24, 2.45) is 4.99 Å². The molecule has 1 aromatic heterocycles. The fourth-order valence-electron chi connectivity index (χ4n) is 3.03. The minimum atomic E-state index is -0.194. The topological polar surface area (TPSA) is 57.6 Å². The summed E-state index contributed by atoms with van der Waals surface area (Å²) >= 11 is 1.58. The van der Waals surface area contributed by atoms with Gasteiger partial charge < -0.3 is 4.90 Å². The number of hydrogen-bond acceptors (Lipinski definition) is 5. The lowest BCUT2D eigenvalue weighted by molar-refractivity contribution is -0.115. The molecular formula is C20H18N4OS. The number of hydrogen-bond donors (Lipinski definition) is 1. The molecule has 1 amide bonds. The number of thiazole rings is 1. The van der Waals surface area contributed by atoms with E-state index in [0.29, 0.717) is 11.7 Å². The van der Waals surface area contributed by atoms with Crippen molar-refractivity contribution in [1.29, 1.82) is 0 Å². The van der Waals surface area contributed by atoms with Crippen LogP contribution in [0.3, 0.4) is 0 Å². The Kier molecular flexibility index (Phi) is 4.05. The lowest BCUT2D eigenvalue weighted by Gasteiger charge is -2.20. The number of carbonyl (C=O) groups excluding carboxylic acids is 1. The molecule has 0 fully saturated rings. The molecule has 0 aliphatic carbocycles. The molecule has 0 spiro atoms. The number of aliphatic imine (C=N–C) groups is 1. The largest absolute Gasteiger partial charge is 0.315 e. The summed E-state index contributed by atoms with van der Waals surface area (Å²) in [6, 6.07) is 12.1. The summed E-state index contributed by atoms with van der Waals surface area (Å²) in [5.74, 6) is 0.341. The van der Waals surface area contributed by atoms with E-state index in [0.717, 1.165) is 27.0 Å². The van der Waals surface area contributed by atoms with Crippen molar-refractivity contribution in [3.8, 4) is 0 Å². The Morgan fingerprint density at radius 3 is 2.81 bits per heavy atom. The SMILES string of the molecule is Cc1ccc(N(C)C2=N/C(=C\c3ccc4ncsc4c3)C(=O)N2)c(C)c1. The highest BCUT2D eigenvalue weighted by Gasteiger charge is 2.24. The van der Waals surface area contributed by atoms with Crippen LogP contribution in [0.4, 0.5) is 5.69 Å². The molecular weight excluding hydrogens is 344 g/mol. The van der Waals surface area contributed by atoms with Crippen molar-refractivity contribution in [2.75, 3.05) is 11.9 Å². The maximum atomic E-state index is 12.3. The third-order valence-corrected chi connectivity index (χ3v) is 5.17. The number of aromatic nitrogens is 1. The second-order valence-corrected chi connectivity index (χ2v) is 7.23. The molecule has 0 saturated carbocycles. The van der Waals surface area contributed by atoms with Crippen molar-refractivity contribution < 1.29 is 4.79 Å². The van der Waals surface area contributed by atoms with Crippen LogP contribution in [0.1, 0.15) is 16.7 Å². The number of nitrogens with one attached hydrogen (secondary N) is 1. The normalized spacial score (nSPS) is 15.4. The zero-order valence-corrected chi connectivity index (χ0v) is 15.6. The minimum Gasteiger partial charge on any atom is -0.315 e. The van der Waals surface area contributed by atoms with Gasteiger partial charge in [0.25, 0.3) is 5.91 Å². The third-order valence-electron chi connectivity index (χ3n) is 4.37. The fraction of sp³-hybridized carbons (Fsp3) is 0.150. The van der Waals surface area contributed by atoms with E-state index in [1.165, 1.54) is 5.56 Å². The molecule has 0 atom stereocenters. The summed E-state index contributed by atoms with van der Waals surface area (Å²) < 4.78 is 1.09. The highest BCUT2D eigenvalue weighted by molar-refractivity contribution is 7.16.